The maximum absolute atomic E-state index is 13.4. The zero-order valence-corrected chi connectivity index (χ0v) is 18.4. The monoisotopic (exact) mass is 463 g/mol. The maximum atomic E-state index is 13.4. The predicted octanol–water partition coefficient (Wildman–Crippen LogP) is 2.96. The maximum Gasteiger partial charge on any atom is 0.434 e. The molecule has 178 valence electrons. The lowest BCUT2D eigenvalue weighted by Crippen LogP contribution is -2.36. The molecule has 0 atom stereocenters. The SMILES string of the molecule is O=C1CCc2c(ncnc2N2CCC(c3nc(C(F)(F)F)cn3CCNCC3CC3)CC2)N1. The average Bonchev–Trinajstić information content (AvgIpc) is 3.52. The lowest BCUT2D eigenvalue weighted by atomic mass is 9.95. The summed E-state index contributed by atoms with van der Waals surface area (Å²) >= 11 is 0. The molecule has 1 saturated heterocycles. The van der Waals surface area contributed by atoms with Gasteiger partial charge in [-0.3, -0.25) is 4.79 Å². The van der Waals surface area contributed by atoms with Crippen LogP contribution < -0.4 is 15.5 Å². The van der Waals surface area contributed by atoms with Crippen LogP contribution in [0.15, 0.2) is 12.5 Å². The van der Waals surface area contributed by atoms with Gasteiger partial charge in [-0.15, -0.1) is 0 Å². The third kappa shape index (κ3) is 4.97. The topological polar surface area (TPSA) is 88.0 Å². The van der Waals surface area contributed by atoms with Crippen LogP contribution in [0.5, 0.6) is 0 Å². The molecule has 2 aromatic rings. The highest BCUT2D eigenvalue weighted by molar-refractivity contribution is 5.93. The van der Waals surface area contributed by atoms with Gasteiger partial charge < -0.3 is 20.1 Å². The lowest BCUT2D eigenvalue weighted by Gasteiger charge is -2.34. The van der Waals surface area contributed by atoms with E-state index in [1.54, 1.807) is 4.57 Å². The van der Waals surface area contributed by atoms with Gasteiger partial charge in [0.25, 0.3) is 0 Å². The standard InChI is InChI=1S/C22H28F3N7O/c23-22(24,25)17-12-32(10-7-26-11-14-1-2-14)20(29-17)15-5-8-31(9-6-15)21-16-3-4-18(33)30-19(16)27-13-28-21/h12-15,26H,1-11H2,(H,27,28,30,33). The van der Waals surface area contributed by atoms with Crippen molar-refractivity contribution in [1.82, 2.24) is 24.8 Å². The molecule has 5 rings (SSSR count). The quantitative estimate of drug-likeness (QED) is 0.614. The minimum atomic E-state index is -4.45. The normalized spacial score (nSPS) is 19.5. The molecule has 1 saturated carbocycles. The Labute approximate surface area is 190 Å². The van der Waals surface area contributed by atoms with E-state index < -0.39 is 11.9 Å². The van der Waals surface area contributed by atoms with Crippen molar-refractivity contribution < 1.29 is 18.0 Å². The summed E-state index contributed by atoms with van der Waals surface area (Å²) in [6.45, 7) is 3.37. The van der Waals surface area contributed by atoms with Crippen molar-refractivity contribution in [1.29, 1.82) is 0 Å². The zero-order valence-electron chi connectivity index (χ0n) is 18.4. The Hall–Kier alpha value is -2.69. The van der Waals surface area contributed by atoms with Gasteiger partial charge in [-0.2, -0.15) is 13.2 Å². The number of halogens is 3. The number of piperidine rings is 1. The zero-order chi connectivity index (χ0) is 23.0. The molecule has 1 aliphatic carbocycles. The van der Waals surface area contributed by atoms with E-state index in [0.717, 1.165) is 30.0 Å². The van der Waals surface area contributed by atoms with E-state index in [1.165, 1.54) is 19.2 Å². The summed E-state index contributed by atoms with van der Waals surface area (Å²) in [5, 5.41) is 6.14. The number of hydrogen-bond acceptors (Lipinski definition) is 6. The summed E-state index contributed by atoms with van der Waals surface area (Å²) in [5.74, 6) is 2.52. The van der Waals surface area contributed by atoms with Crippen LogP contribution >= 0.6 is 0 Å². The largest absolute Gasteiger partial charge is 0.434 e. The molecule has 11 heteroatoms. The van der Waals surface area contributed by atoms with Crippen LogP contribution in [-0.4, -0.2) is 51.6 Å². The summed E-state index contributed by atoms with van der Waals surface area (Å²) < 4.78 is 41.8. The number of hydrogen-bond donors (Lipinski definition) is 2. The number of fused-ring (bicyclic) bond motifs is 1. The van der Waals surface area contributed by atoms with Crippen LogP contribution in [0.2, 0.25) is 0 Å². The molecule has 0 bridgehead atoms. The molecule has 0 unspecified atom stereocenters. The number of aromatic nitrogens is 4. The minimum Gasteiger partial charge on any atom is -0.356 e. The minimum absolute atomic E-state index is 0.0434. The van der Waals surface area contributed by atoms with E-state index in [9.17, 15) is 18.0 Å². The first-order valence-corrected chi connectivity index (χ1v) is 11.6. The molecule has 8 nitrogen and oxygen atoms in total. The van der Waals surface area contributed by atoms with Crippen molar-refractivity contribution >= 4 is 17.5 Å². The number of rotatable bonds is 7. The van der Waals surface area contributed by atoms with Crippen molar-refractivity contribution in [3.05, 3.63) is 29.6 Å². The van der Waals surface area contributed by atoms with Crippen molar-refractivity contribution in [2.75, 3.05) is 36.4 Å². The Morgan fingerprint density at radius 2 is 1.91 bits per heavy atom. The average molecular weight is 464 g/mol. The lowest BCUT2D eigenvalue weighted by molar-refractivity contribution is -0.141. The first kappa shape index (κ1) is 22.1. The second kappa shape index (κ2) is 8.92. The Morgan fingerprint density at radius 1 is 1.12 bits per heavy atom. The smallest absolute Gasteiger partial charge is 0.356 e. The van der Waals surface area contributed by atoms with Gasteiger partial charge in [0.05, 0.1) is 0 Å². The highest BCUT2D eigenvalue weighted by atomic mass is 19.4. The van der Waals surface area contributed by atoms with E-state index in [4.69, 9.17) is 0 Å². The predicted molar refractivity (Wildman–Crippen MR) is 116 cm³/mol. The third-order valence-electron chi connectivity index (χ3n) is 6.70. The van der Waals surface area contributed by atoms with E-state index in [0.29, 0.717) is 63.5 Å². The Balaban J connectivity index is 1.27. The van der Waals surface area contributed by atoms with Crippen LogP contribution in [0.4, 0.5) is 24.8 Å². The highest BCUT2D eigenvalue weighted by Crippen LogP contribution is 2.36. The van der Waals surface area contributed by atoms with Gasteiger partial charge in [0.15, 0.2) is 5.69 Å². The van der Waals surface area contributed by atoms with Gasteiger partial charge in [-0.1, -0.05) is 0 Å². The van der Waals surface area contributed by atoms with Crippen LogP contribution in [0.1, 0.15) is 55.1 Å². The van der Waals surface area contributed by atoms with Crippen LogP contribution in [0, 0.1) is 5.92 Å². The Morgan fingerprint density at radius 3 is 2.64 bits per heavy atom. The first-order valence-electron chi connectivity index (χ1n) is 11.6. The van der Waals surface area contributed by atoms with Gasteiger partial charge in [0, 0.05) is 50.3 Å². The summed E-state index contributed by atoms with van der Waals surface area (Å²) in [5.41, 5.74) is 0.112. The van der Waals surface area contributed by atoms with E-state index >= 15 is 0 Å². The number of anilines is 2. The van der Waals surface area contributed by atoms with Gasteiger partial charge in [-0.25, -0.2) is 15.0 Å². The highest BCUT2D eigenvalue weighted by Gasteiger charge is 2.36. The molecule has 4 heterocycles. The van der Waals surface area contributed by atoms with Crippen LogP contribution in [0.3, 0.4) is 0 Å². The fraction of sp³-hybridized carbons (Fsp3) is 0.636. The number of amides is 1. The first-order chi connectivity index (χ1) is 15.9. The fourth-order valence-corrected chi connectivity index (χ4v) is 4.70. The molecule has 2 aromatic heterocycles. The van der Waals surface area contributed by atoms with E-state index in [1.807, 2.05) is 0 Å². The van der Waals surface area contributed by atoms with Gasteiger partial charge in [0.2, 0.25) is 5.91 Å². The van der Waals surface area contributed by atoms with Crippen LogP contribution in [-0.2, 0) is 23.9 Å². The van der Waals surface area contributed by atoms with E-state index in [2.05, 4.69) is 30.5 Å². The van der Waals surface area contributed by atoms with E-state index in [-0.39, 0.29) is 11.8 Å². The molecular weight excluding hydrogens is 435 g/mol. The molecule has 33 heavy (non-hydrogen) atoms. The molecule has 3 aliphatic rings. The molecular formula is C22H28F3N7O. The van der Waals surface area contributed by atoms with Crippen molar-refractivity contribution in [3.8, 4) is 0 Å². The molecule has 2 aliphatic heterocycles. The second-order valence-electron chi connectivity index (χ2n) is 9.16. The Kier molecular flexibility index (Phi) is 5.98. The molecule has 2 fully saturated rings. The summed E-state index contributed by atoms with van der Waals surface area (Å²) in [6, 6.07) is 0. The summed E-state index contributed by atoms with van der Waals surface area (Å²) in [6.07, 6.45) is 2.99. The summed E-state index contributed by atoms with van der Waals surface area (Å²) in [7, 11) is 0. The fourth-order valence-electron chi connectivity index (χ4n) is 4.70. The molecule has 0 aromatic carbocycles. The number of alkyl halides is 3. The molecule has 1 amide bonds. The Bertz CT molecular complexity index is 1010. The number of carbonyl (C=O) groups is 1. The number of carbonyl (C=O) groups excluding carboxylic acids is 1. The number of nitrogens with one attached hydrogen (secondary N) is 2. The molecule has 0 radical (unpaired) electrons. The van der Waals surface area contributed by atoms with Gasteiger partial charge >= 0.3 is 6.18 Å². The summed E-state index contributed by atoms with van der Waals surface area (Å²) in [4.78, 5) is 26.5. The molecule has 2 N–H and O–H groups in total. The van der Waals surface area contributed by atoms with Crippen LogP contribution in [0.25, 0.3) is 0 Å². The second-order valence-corrected chi connectivity index (χ2v) is 9.16. The van der Waals surface area contributed by atoms with Gasteiger partial charge in [-0.05, 0) is 44.6 Å². The van der Waals surface area contributed by atoms with Crippen molar-refractivity contribution in [2.45, 2.75) is 57.2 Å². The third-order valence-corrected chi connectivity index (χ3v) is 6.70. The van der Waals surface area contributed by atoms with Gasteiger partial charge in [0.1, 0.15) is 23.8 Å². The van der Waals surface area contributed by atoms with Crippen molar-refractivity contribution in [2.24, 2.45) is 5.92 Å². The number of imidazole rings is 1. The van der Waals surface area contributed by atoms with Crippen molar-refractivity contribution in [3.63, 3.8) is 0 Å². The number of nitrogens with zero attached hydrogens (tertiary/aromatic N) is 5. The molecule has 0 spiro atoms.